The van der Waals surface area contributed by atoms with E-state index in [1.165, 1.54) is 45.4 Å². The lowest BCUT2D eigenvalue weighted by atomic mass is 10.1. The Balaban J connectivity index is 3.30. The Morgan fingerprint density at radius 1 is 1.19 bits per heavy atom. The van der Waals surface area contributed by atoms with Crippen molar-refractivity contribution in [1.82, 2.24) is 0 Å². The lowest BCUT2D eigenvalue weighted by molar-refractivity contribution is -0.143. The Morgan fingerprint density at radius 2 is 1.81 bits per heavy atom. The fraction of sp³-hybridized carbons (Fsp3) is 0.786. The number of hydrogen-bond donors (Lipinski definition) is 0. The van der Waals surface area contributed by atoms with Crippen molar-refractivity contribution < 1.29 is 9.53 Å². The lowest BCUT2D eigenvalue weighted by Crippen LogP contribution is -2.08. The van der Waals surface area contributed by atoms with E-state index in [9.17, 15) is 4.79 Å². The summed E-state index contributed by atoms with van der Waals surface area (Å²) >= 11 is 0. The summed E-state index contributed by atoms with van der Waals surface area (Å²) in [6, 6.07) is 0. The summed E-state index contributed by atoms with van der Waals surface area (Å²) in [7, 11) is 0. The largest absolute Gasteiger partial charge is 0.459 e. The average molecular weight is 226 g/mol. The number of allylic oxidation sites excluding steroid dienone is 1. The predicted octanol–water partition coefficient (Wildman–Crippen LogP) is 4.24. The molecule has 0 aliphatic carbocycles. The van der Waals surface area contributed by atoms with Crippen molar-refractivity contribution in [2.45, 2.75) is 71.8 Å². The maximum absolute atomic E-state index is 10.6. The number of carbonyl (C=O) groups is 1. The van der Waals surface area contributed by atoms with E-state index in [1.54, 1.807) is 0 Å². The lowest BCUT2D eigenvalue weighted by Gasteiger charge is -2.05. The summed E-state index contributed by atoms with van der Waals surface area (Å²) in [6.45, 7) is 5.57. The molecule has 0 aromatic rings. The molecule has 2 heteroatoms. The van der Waals surface area contributed by atoms with Crippen molar-refractivity contribution in [2.24, 2.45) is 0 Å². The average Bonchev–Trinajstić information content (AvgIpc) is 2.21. The zero-order chi connectivity index (χ0) is 12.2. The van der Waals surface area contributed by atoms with Gasteiger partial charge < -0.3 is 4.74 Å². The molecule has 0 fully saturated rings. The van der Waals surface area contributed by atoms with Crippen LogP contribution in [0.1, 0.15) is 65.7 Å². The van der Waals surface area contributed by atoms with Crippen molar-refractivity contribution in [3.63, 3.8) is 0 Å². The van der Waals surface area contributed by atoms with Gasteiger partial charge in [0.15, 0.2) is 0 Å². The highest BCUT2D eigenvalue weighted by Crippen LogP contribution is 2.07. The summed E-state index contributed by atoms with van der Waals surface area (Å²) in [6.07, 6.45) is 13.0. The minimum atomic E-state index is -0.211. The molecule has 0 amide bonds. The van der Waals surface area contributed by atoms with Crippen molar-refractivity contribution in [2.75, 3.05) is 0 Å². The van der Waals surface area contributed by atoms with E-state index in [4.69, 9.17) is 4.74 Å². The van der Waals surface area contributed by atoms with Gasteiger partial charge in [0.2, 0.25) is 0 Å². The van der Waals surface area contributed by atoms with Crippen molar-refractivity contribution >= 4 is 5.97 Å². The molecule has 0 saturated heterocycles. The van der Waals surface area contributed by atoms with Crippen LogP contribution in [0.25, 0.3) is 0 Å². The molecule has 0 aromatic carbocycles. The Morgan fingerprint density at radius 3 is 2.44 bits per heavy atom. The van der Waals surface area contributed by atoms with Crippen LogP contribution in [0, 0.1) is 0 Å². The first-order chi connectivity index (χ1) is 7.66. The second-order valence-corrected chi connectivity index (χ2v) is 4.30. The van der Waals surface area contributed by atoms with Crippen molar-refractivity contribution in [1.29, 1.82) is 0 Å². The van der Waals surface area contributed by atoms with Gasteiger partial charge in [-0.25, -0.2) is 0 Å². The molecule has 0 aromatic heterocycles. The normalized spacial score (nSPS) is 12.9. The van der Waals surface area contributed by atoms with Crippen LogP contribution >= 0.6 is 0 Å². The topological polar surface area (TPSA) is 26.3 Å². The highest BCUT2D eigenvalue weighted by atomic mass is 16.5. The zero-order valence-corrected chi connectivity index (χ0v) is 11.0. The first kappa shape index (κ1) is 15.2. The summed E-state index contributed by atoms with van der Waals surface area (Å²) < 4.78 is 4.98. The zero-order valence-electron chi connectivity index (χ0n) is 11.0. The summed E-state index contributed by atoms with van der Waals surface area (Å²) in [4.78, 5) is 10.6. The summed E-state index contributed by atoms with van der Waals surface area (Å²) in [5.41, 5.74) is 0. The second-order valence-electron chi connectivity index (χ2n) is 4.30. The van der Waals surface area contributed by atoms with Gasteiger partial charge in [0, 0.05) is 6.92 Å². The van der Waals surface area contributed by atoms with E-state index in [0.717, 1.165) is 6.42 Å². The Labute approximate surface area is 100 Å². The van der Waals surface area contributed by atoms with Gasteiger partial charge in [0.25, 0.3) is 0 Å². The van der Waals surface area contributed by atoms with E-state index in [1.807, 2.05) is 13.0 Å². The van der Waals surface area contributed by atoms with Gasteiger partial charge in [0.05, 0.1) is 0 Å². The van der Waals surface area contributed by atoms with Crippen LogP contribution in [0.3, 0.4) is 0 Å². The first-order valence-corrected chi connectivity index (χ1v) is 6.50. The summed E-state index contributed by atoms with van der Waals surface area (Å²) in [5, 5.41) is 0. The summed E-state index contributed by atoms with van der Waals surface area (Å²) in [5.74, 6) is -0.211. The van der Waals surface area contributed by atoms with Gasteiger partial charge in [-0.3, -0.25) is 4.79 Å². The molecule has 0 radical (unpaired) electrons. The van der Waals surface area contributed by atoms with Crippen LogP contribution in [0.15, 0.2) is 12.2 Å². The number of esters is 1. The fourth-order valence-electron chi connectivity index (χ4n) is 1.63. The van der Waals surface area contributed by atoms with E-state index in [2.05, 4.69) is 13.0 Å². The number of ether oxygens (including phenoxy) is 1. The van der Waals surface area contributed by atoms with Crippen LogP contribution in [-0.4, -0.2) is 12.1 Å². The number of rotatable bonds is 9. The van der Waals surface area contributed by atoms with Gasteiger partial charge in [-0.2, -0.15) is 0 Å². The van der Waals surface area contributed by atoms with E-state index >= 15 is 0 Å². The molecule has 1 unspecified atom stereocenters. The van der Waals surface area contributed by atoms with Gasteiger partial charge in [-0.1, -0.05) is 45.1 Å². The molecular weight excluding hydrogens is 200 g/mol. The van der Waals surface area contributed by atoms with Gasteiger partial charge >= 0.3 is 5.97 Å². The Kier molecular flexibility index (Phi) is 10.2. The molecule has 0 heterocycles. The number of hydrogen-bond acceptors (Lipinski definition) is 2. The quantitative estimate of drug-likeness (QED) is 0.334. The van der Waals surface area contributed by atoms with Gasteiger partial charge in [0.1, 0.15) is 6.10 Å². The van der Waals surface area contributed by atoms with Crippen molar-refractivity contribution in [3.05, 3.63) is 12.2 Å². The second kappa shape index (κ2) is 10.7. The monoisotopic (exact) mass is 226 g/mol. The Hall–Kier alpha value is -0.790. The Bertz CT molecular complexity index is 197. The highest BCUT2D eigenvalue weighted by Gasteiger charge is 1.98. The molecular formula is C14H26O2. The molecule has 2 nitrogen and oxygen atoms in total. The van der Waals surface area contributed by atoms with E-state index in [0.29, 0.717) is 0 Å². The van der Waals surface area contributed by atoms with E-state index in [-0.39, 0.29) is 12.1 Å². The molecule has 16 heavy (non-hydrogen) atoms. The molecule has 94 valence electrons. The van der Waals surface area contributed by atoms with Gasteiger partial charge in [-0.15, -0.1) is 0 Å². The molecule has 0 spiro atoms. The number of unbranched alkanes of at least 4 members (excludes halogenated alkanes) is 6. The highest BCUT2D eigenvalue weighted by molar-refractivity contribution is 5.66. The maximum atomic E-state index is 10.6. The van der Waals surface area contributed by atoms with Crippen LogP contribution in [0.4, 0.5) is 0 Å². The molecule has 0 N–H and O–H groups in total. The molecule has 0 aliphatic rings. The minimum absolute atomic E-state index is 0.0856. The minimum Gasteiger partial charge on any atom is -0.459 e. The fourth-order valence-corrected chi connectivity index (χ4v) is 1.63. The third-order valence-corrected chi connectivity index (χ3v) is 2.48. The van der Waals surface area contributed by atoms with Crippen molar-refractivity contribution in [3.8, 4) is 0 Å². The SMILES string of the molecule is CCCCCCCC/C=C\C(C)OC(C)=O. The smallest absolute Gasteiger partial charge is 0.303 e. The van der Waals surface area contributed by atoms with Crippen LogP contribution < -0.4 is 0 Å². The molecule has 0 rings (SSSR count). The molecule has 0 bridgehead atoms. The van der Waals surface area contributed by atoms with Gasteiger partial charge in [-0.05, 0) is 25.8 Å². The third-order valence-electron chi connectivity index (χ3n) is 2.48. The molecule has 1 atom stereocenters. The molecule has 0 aliphatic heterocycles. The standard InChI is InChI=1S/C14H26O2/c1-4-5-6-7-8-9-10-11-12-13(2)16-14(3)15/h11-13H,4-10H2,1-3H3/b12-11-. The predicted molar refractivity (Wildman–Crippen MR) is 68.4 cm³/mol. The van der Waals surface area contributed by atoms with Crippen LogP contribution in [0.2, 0.25) is 0 Å². The van der Waals surface area contributed by atoms with Crippen LogP contribution in [-0.2, 0) is 9.53 Å². The number of carbonyl (C=O) groups excluding carboxylic acids is 1. The van der Waals surface area contributed by atoms with Crippen LogP contribution in [0.5, 0.6) is 0 Å². The molecule has 0 saturated carbocycles. The maximum Gasteiger partial charge on any atom is 0.303 e. The van der Waals surface area contributed by atoms with E-state index < -0.39 is 0 Å². The first-order valence-electron chi connectivity index (χ1n) is 6.50. The third kappa shape index (κ3) is 11.3.